The number of hydrogen-bond acceptors (Lipinski definition) is 4. The molecule has 0 aromatic carbocycles. The molecule has 114 valence electrons. The largest absolute Gasteiger partial charge is 0.310 e. The number of sulfonamides is 1. The van der Waals surface area contributed by atoms with Crippen molar-refractivity contribution in [3.63, 3.8) is 0 Å². The minimum Gasteiger partial charge on any atom is -0.310 e. The highest BCUT2D eigenvalue weighted by Crippen LogP contribution is 2.51. The van der Waals surface area contributed by atoms with Crippen LogP contribution in [0.3, 0.4) is 0 Å². The molecule has 1 aromatic heterocycles. The van der Waals surface area contributed by atoms with Crippen LogP contribution in [0, 0.1) is 11.3 Å². The second-order valence-electron chi connectivity index (χ2n) is 6.50. The Morgan fingerprint density at radius 3 is 2.60 bits per heavy atom. The molecule has 1 aliphatic rings. The normalized spacial score (nSPS) is 21.4. The lowest BCUT2D eigenvalue weighted by atomic mass is 10.1. The quantitative estimate of drug-likeness (QED) is 0.813. The summed E-state index contributed by atoms with van der Waals surface area (Å²) in [6.45, 7) is 9.76. The molecule has 1 fully saturated rings. The van der Waals surface area contributed by atoms with Gasteiger partial charge in [0.2, 0.25) is 10.0 Å². The molecule has 0 amide bonds. The van der Waals surface area contributed by atoms with Gasteiger partial charge >= 0.3 is 0 Å². The Morgan fingerprint density at radius 1 is 1.40 bits per heavy atom. The van der Waals surface area contributed by atoms with E-state index in [1.54, 1.807) is 6.07 Å². The molecule has 1 heterocycles. The van der Waals surface area contributed by atoms with Gasteiger partial charge in [0.15, 0.2) is 0 Å². The molecule has 0 radical (unpaired) electrons. The standard InChI is InChI=1S/C14H24N2O2S2/c1-10(2)15-9-12-5-6-13(19-12)20(17,18)16-8-11-7-14(11,3)4/h5-6,10-11,15-16H,7-9H2,1-4H3. The van der Waals surface area contributed by atoms with Gasteiger partial charge in [-0.25, -0.2) is 13.1 Å². The Labute approximate surface area is 126 Å². The number of thiophene rings is 1. The van der Waals surface area contributed by atoms with Crippen LogP contribution >= 0.6 is 11.3 Å². The molecule has 0 bridgehead atoms. The summed E-state index contributed by atoms with van der Waals surface area (Å²) in [4.78, 5) is 1.05. The topological polar surface area (TPSA) is 58.2 Å². The highest BCUT2D eigenvalue weighted by molar-refractivity contribution is 7.91. The molecule has 6 heteroatoms. The van der Waals surface area contributed by atoms with Crippen molar-refractivity contribution < 1.29 is 8.42 Å². The summed E-state index contributed by atoms with van der Waals surface area (Å²) in [7, 11) is -3.34. The van der Waals surface area contributed by atoms with Gasteiger partial charge < -0.3 is 5.32 Å². The molecule has 4 nitrogen and oxygen atoms in total. The first-order chi connectivity index (χ1) is 9.21. The van der Waals surface area contributed by atoms with Gasteiger partial charge in [-0.1, -0.05) is 27.7 Å². The zero-order chi connectivity index (χ0) is 15.0. The third-order valence-corrected chi connectivity index (χ3v) is 6.82. The summed E-state index contributed by atoms with van der Waals surface area (Å²) >= 11 is 1.34. The van der Waals surface area contributed by atoms with Crippen molar-refractivity contribution in [2.45, 2.75) is 50.9 Å². The van der Waals surface area contributed by atoms with Crippen molar-refractivity contribution in [1.29, 1.82) is 0 Å². The van der Waals surface area contributed by atoms with E-state index in [-0.39, 0.29) is 0 Å². The van der Waals surface area contributed by atoms with Crippen LogP contribution in [-0.2, 0) is 16.6 Å². The number of hydrogen-bond donors (Lipinski definition) is 2. The maximum Gasteiger partial charge on any atom is 0.250 e. The fourth-order valence-electron chi connectivity index (χ4n) is 2.11. The Kier molecular flexibility index (Phi) is 4.59. The monoisotopic (exact) mass is 316 g/mol. The first kappa shape index (κ1) is 15.9. The zero-order valence-electron chi connectivity index (χ0n) is 12.6. The first-order valence-corrected chi connectivity index (χ1v) is 9.32. The SMILES string of the molecule is CC(C)NCc1ccc(S(=O)(=O)NCC2CC2(C)C)s1. The molecule has 0 saturated heterocycles. The highest BCUT2D eigenvalue weighted by atomic mass is 32.2. The fraction of sp³-hybridized carbons (Fsp3) is 0.714. The van der Waals surface area contributed by atoms with E-state index in [4.69, 9.17) is 0 Å². The molecule has 2 N–H and O–H groups in total. The number of rotatable bonds is 7. The molecule has 0 spiro atoms. The third kappa shape index (κ3) is 4.04. The van der Waals surface area contributed by atoms with E-state index >= 15 is 0 Å². The molecule has 20 heavy (non-hydrogen) atoms. The second-order valence-corrected chi connectivity index (χ2v) is 9.66. The summed E-state index contributed by atoms with van der Waals surface area (Å²) in [5, 5.41) is 3.29. The van der Waals surface area contributed by atoms with E-state index in [0.29, 0.717) is 34.7 Å². The van der Waals surface area contributed by atoms with E-state index in [1.165, 1.54) is 11.3 Å². The van der Waals surface area contributed by atoms with Crippen LogP contribution in [0.4, 0.5) is 0 Å². The lowest BCUT2D eigenvalue weighted by Gasteiger charge is -2.06. The smallest absolute Gasteiger partial charge is 0.250 e. The van der Waals surface area contributed by atoms with Gasteiger partial charge in [0, 0.05) is 24.0 Å². The first-order valence-electron chi connectivity index (χ1n) is 7.02. The van der Waals surface area contributed by atoms with Gasteiger partial charge in [0.1, 0.15) is 4.21 Å². The highest BCUT2D eigenvalue weighted by Gasteiger charge is 2.45. The summed E-state index contributed by atoms with van der Waals surface area (Å²) in [5.74, 6) is 0.472. The average Bonchev–Trinajstić information content (AvgIpc) is 2.77. The van der Waals surface area contributed by atoms with Crippen molar-refractivity contribution in [2.24, 2.45) is 11.3 Å². The van der Waals surface area contributed by atoms with E-state index in [1.807, 2.05) is 6.07 Å². The van der Waals surface area contributed by atoms with Gasteiger partial charge in [-0.2, -0.15) is 0 Å². The Balaban J connectivity index is 1.92. The predicted octanol–water partition coefficient (Wildman–Crippen LogP) is 2.57. The van der Waals surface area contributed by atoms with Crippen LogP contribution in [0.2, 0.25) is 0 Å². The van der Waals surface area contributed by atoms with Crippen molar-refractivity contribution in [3.8, 4) is 0 Å². The molecule has 0 aliphatic heterocycles. The lowest BCUT2D eigenvalue weighted by Crippen LogP contribution is -2.26. The minimum absolute atomic E-state index is 0.296. The third-order valence-electron chi connectivity index (χ3n) is 3.82. The van der Waals surface area contributed by atoms with Crippen LogP contribution in [0.5, 0.6) is 0 Å². The number of nitrogens with one attached hydrogen (secondary N) is 2. The fourth-order valence-corrected chi connectivity index (χ4v) is 4.54. The minimum atomic E-state index is -3.34. The van der Waals surface area contributed by atoms with Gasteiger partial charge in [0.25, 0.3) is 0 Å². The molecule has 1 aromatic rings. The molecule has 1 saturated carbocycles. The summed E-state index contributed by atoms with van der Waals surface area (Å²) in [5.41, 5.74) is 0.296. The van der Waals surface area contributed by atoms with E-state index in [9.17, 15) is 8.42 Å². The van der Waals surface area contributed by atoms with E-state index in [2.05, 4.69) is 37.7 Å². The van der Waals surface area contributed by atoms with Gasteiger partial charge in [-0.3, -0.25) is 0 Å². The molecule has 1 aliphatic carbocycles. The molecular weight excluding hydrogens is 292 g/mol. The van der Waals surface area contributed by atoms with Crippen molar-refractivity contribution in [3.05, 3.63) is 17.0 Å². The summed E-state index contributed by atoms with van der Waals surface area (Å²) in [6.07, 6.45) is 1.10. The average molecular weight is 316 g/mol. The van der Waals surface area contributed by atoms with Crippen LogP contribution in [0.15, 0.2) is 16.3 Å². The van der Waals surface area contributed by atoms with Crippen LogP contribution in [0.25, 0.3) is 0 Å². The van der Waals surface area contributed by atoms with Crippen molar-refractivity contribution in [2.75, 3.05) is 6.54 Å². The Hall–Kier alpha value is -0.430. The van der Waals surface area contributed by atoms with Gasteiger partial charge in [-0.15, -0.1) is 11.3 Å². The lowest BCUT2D eigenvalue weighted by molar-refractivity contribution is 0.538. The second kappa shape index (κ2) is 5.75. The molecule has 1 unspecified atom stereocenters. The summed E-state index contributed by atoms with van der Waals surface area (Å²) in [6, 6.07) is 3.98. The molecule has 1 atom stereocenters. The van der Waals surface area contributed by atoms with Gasteiger partial charge in [-0.05, 0) is 29.9 Å². The summed E-state index contributed by atoms with van der Waals surface area (Å²) < 4.78 is 27.6. The van der Waals surface area contributed by atoms with Crippen LogP contribution < -0.4 is 10.0 Å². The maximum absolute atomic E-state index is 12.2. The van der Waals surface area contributed by atoms with Crippen LogP contribution in [0.1, 0.15) is 39.0 Å². The van der Waals surface area contributed by atoms with E-state index in [0.717, 1.165) is 11.3 Å². The predicted molar refractivity (Wildman–Crippen MR) is 83.4 cm³/mol. The Bertz CT molecular complexity index is 561. The molecule has 2 rings (SSSR count). The van der Waals surface area contributed by atoms with Crippen LogP contribution in [-0.4, -0.2) is 21.0 Å². The maximum atomic E-state index is 12.2. The molecular formula is C14H24N2O2S2. The van der Waals surface area contributed by atoms with E-state index < -0.39 is 10.0 Å². The van der Waals surface area contributed by atoms with Crippen molar-refractivity contribution >= 4 is 21.4 Å². The Morgan fingerprint density at radius 2 is 2.05 bits per heavy atom. The van der Waals surface area contributed by atoms with Crippen molar-refractivity contribution in [1.82, 2.24) is 10.0 Å². The van der Waals surface area contributed by atoms with Gasteiger partial charge in [0.05, 0.1) is 0 Å². The zero-order valence-corrected chi connectivity index (χ0v) is 14.2.